The monoisotopic (exact) mass is 288 g/mol. The topological polar surface area (TPSA) is 60.2 Å². The molecule has 6 heteroatoms. The minimum absolute atomic E-state index is 0.0277. The van der Waals surface area contributed by atoms with Gasteiger partial charge in [0.2, 0.25) is 0 Å². The molecule has 0 saturated carbocycles. The van der Waals surface area contributed by atoms with Crippen molar-refractivity contribution in [2.45, 2.75) is 64.3 Å². The Kier molecular flexibility index (Phi) is 3.16. The van der Waals surface area contributed by atoms with Crippen molar-refractivity contribution in [3.05, 3.63) is 11.4 Å². The van der Waals surface area contributed by atoms with E-state index in [0.717, 1.165) is 30.7 Å². The Balaban J connectivity index is 1.88. The highest BCUT2D eigenvalue weighted by Crippen LogP contribution is 2.43. The van der Waals surface area contributed by atoms with Crippen LogP contribution in [0.15, 0.2) is 0 Å². The normalized spacial score (nSPS) is 23.6. The van der Waals surface area contributed by atoms with Crippen LogP contribution in [0.5, 0.6) is 0 Å². The zero-order chi connectivity index (χ0) is 15.2. The maximum Gasteiger partial charge on any atom is 0.411 e. The minimum atomic E-state index is -0.488. The first kappa shape index (κ1) is 13.9. The highest BCUT2D eigenvalue weighted by atomic mass is 16.6. The molecule has 1 saturated heterocycles. The van der Waals surface area contributed by atoms with E-state index in [0.29, 0.717) is 6.54 Å². The molecule has 0 radical (unpaired) electrons. The third-order valence-corrected chi connectivity index (χ3v) is 3.96. The van der Waals surface area contributed by atoms with Crippen molar-refractivity contribution in [3.63, 3.8) is 0 Å². The molecule has 0 spiro atoms. The van der Waals surface area contributed by atoms with E-state index in [9.17, 15) is 4.79 Å². The molecule has 1 amide bonds. The van der Waals surface area contributed by atoms with Crippen molar-refractivity contribution in [1.82, 2.24) is 19.9 Å². The smallest absolute Gasteiger partial charge is 0.411 e. The summed E-state index contributed by atoms with van der Waals surface area (Å²) in [4.78, 5) is 14.3. The maximum atomic E-state index is 12.4. The second-order valence-electron chi connectivity index (χ2n) is 6.62. The van der Waals surface area contributed by atoms with Crippen LogP contribution in [-0.2, 0) is 17.7 Å². The molecule has 3 rings (SSSR count). The standard InChI is InChI=1S/C15H20N4O2/c1-5-8-18-12-9-10-6-7-11(13(12)16-17-18)19(10)14(20)21-15(2,3)4/h1,10-11H,6-9H2,2-4H3. The molecule has 21 heavy (non-hydrogen) atoms. The average molecular weight is 288 g/mol. The quantitative estimate of drug-likeness (QED) is 0.741. The van der Waals surface area contributed by atoms with E-state index in [1.54, 1.807) is 4.68 Å². The van der Waals surface area contributed by atoms with Crippen LogP contribution in [0.4, 0.5) is 4.79 Å². The van der Waals surface area contributed by atoms with Gasteiger partial charge in [0.1, 0.15) is 17.8 Å². The Morgan fingerprint density at radius 3 is 2.90 bits per heavy atom. The highest BCUT2D eigenvalue weighted by Gasteiger charge is 2.46. The molecule has 112 valence electrons. The van der Waals surface area contributed by atoms with Gasteiger partial charge in [-0.1, -0.05) is 11.1 Å². The van der Waals surface area contributed by atoms with Gasteiger partial charge in [0.05, 0.1) is 11.7 Å². The Bertz CT molecular complexity index is 608. The van der Waals surface area contributed by atoms with Gasteiger partial charge in [-0.15, -0.1) is 11.5 Å². The van der Waals surface area contributed by atoms with E-state index in [1.807, 2.05) is 25.7 Å². The summed E-state index contributed by atoms with van der Waals surface area (Å²) in [5.74, 6) is 2.59. The van der Waals surface area contributed by atoms with Crippen LogP contribution < -0.4 is 0 Å². The first-order valence-corrected chi connectivity index (χ1v) is 7.28. The highest BCUT2D eigenvalue weighted by molar-refractivity contribution is 5.70. The molecule has 1 fully saturated rings. The Hall–Kier alpha value is -2.03. The number of fused-ring (bicyclic) bond motifs is 4. The number of ether oxygens (including phenoxy) is 1. The fourth-order valence-electron chi connectivity index (χ4n) is 3.19. The average Bonchev–Trinajstić information content (AvgIpc) is 2.91. The molecule has 6 nitrogen and oxygen atoms in total. The van der Waals surface area contributed by atoms with Crippen molar-refractivity contribution < 1.29 is 9.53 Å². The molecule has 0 N–H and O–H groups in total. The van der Waals surface area contributed by atoms with Crippen molar-refractivity contribution in [3.8, 4) is 12.3 Å². The predicted molar refractivity (Wildman–Crippen MR) is 76.4 cm³/mol. The summed E-state index contributed by atoms with van der Waals surface area (Å²) in [6, 6.07) is 0.132. The molecule has 1 aromatic rings. The van der Waals surface area contributed by atoms with E-state index < -0.39 is 5.60 Å². The minimum Gasteiger partial charge on any atom is -0.444 e. The van der Waals surface area contributed by atoms with Gasteiger partial charge < -0.3 is 4.74 Å². The zero-order valence-corrected chi connectivity index (χ0v) is 12.7. The molecule has 0 aromatic carbocycles. The number of hydrogen-bond acceptors (Lipinski definition) is 4. The number of carbonyl (C=O) groups is 1. The summed E-state index contributed by atoms with van der Waals surface area (Å²) < 4.78 is 7.30. The van der Waals surface area contributed by atoms with Crippen molar-refractivity contribution in [1.29, 1.82) is 0 Å². The summed E-state index contributed by atoms with van der Waals surface area (Å²) in [7, 11) is 0. The number of amides is 1. The van der Waals surface area contributed by atoms with Gasteiger partial charge in [-0.05, 0) is 33.6 Å². The summed E-state index contributed by atoms with van der Waals surface area (Å²) in [5, 5.41) is 8.37. The van der Waals surface area contributed by atoms with Crippen LogP contribution in [0.1, 0.15) is 51.0 Å². The molecule has 2 bridgehead atoms. The lowest BCUT2D eigenvalue weighted by Gasteiger charge is -2.35. The Labute approximate surface area is 124 Å². The van der Waals surface area contributed by atoms with Gasteiger partial charge in [-0.2, -0.15) is 0 Å². The molecule has 2 unspecified atom stereocenters. The molecule has 3 heterocycles. The van der Waals surface area contributed by atoms with Crippen LogP contribution in [-0.4, -0.2) is 37.6 Å². The van der Waals surface area contributed by atoms with Gasteiger partial charge in [0.25, 0.3) is 0 Å². The van der Waals surface area contributed by atoms with Crippen LogP contribution in [0.2, 0.25) is 0 Å². The summed E-state index contributed by atoms with van der Waals surface area (Å²) in [6.45, 7) is 6.07. The number of rotatable bonds is 1. The number of aromatic nitrogens is 3. The number of nitrogens with zero attached hydrogens (tertiary/aromatic N) is 4. The first-order valence-electron chi connectivity index (χ1n) is 7.28. The lowest BCUT2D eigenvalue weighted by atomic mass is 10.0. The molecular weight excluding hydrogens is 268 g/mol. The van der Waals surface area contributed by atoms with Gasteiger partial charge in [0, 0.05) is 12.5 Å². The third kappa shape index (κ3) is 2.37. The third-order valence-electron chi connectivity index (χ3n) is 3.96. The molecule has 0 aliphatic carbocycles. The largest absolute Gasteiger partial charge is 0.444 e. The lowest BCUT2D eigenvalue weighted by molar-refractivity contribution is 0.0119. The van der Waals surface area contributed by atoms with Crippen LogP contribution in [0.25, 0.3) is 0 Å². The molecule has 2 aliphatic heterocycles. The number of carbonyl (C=O) groups excluding carboxylic acids is 1. The SMILES string of the molecule is C#CCn1nnc2c1CC1CCC2N1C(=O)OC(C)(C)C. The molecule has 2 aliphatic rings. The van der Waals surface area contributed by atoms with E-state index in [2.05, 4.69) is 16.2 Å². The van der Waals surface area contributed by atoms with E-state index in [-0.39, 0.29) is 18.2 Å². The van der Waals surface area contributed by atoms with E-state index in [4.69, 9.17) is 11.2 Å². The number of hydrogen-bond donors (Lipinski definition) is 0. The van der Waals surface area contributed by atoms with Gasteiger partial charge in [0.15, 0.2) is 0 Å². The first-order chi connectivity index (χ1) is 9.90. The Morgan fingerprint density at radius 1 is 1.48 bits per heavy atom. The van der Waals surface area contributed by atoms with Gasteiger partial charge >= 0.3 is 6.09 Å². The van der Waals surface area contributed by atoms with Crippen LogP contribution in [0.3, 0.4) is 0 Å². The molecule has 2 atom stereocenters. The van der Waals surface area contributed by atoms with Crippen molar-refractivity contribution in [2.75, 3.05) is 0 Å². The van der Waals surface area contributed by atoms with Crippen molar-refractivity contribution in [2.24, 2.45) is 0 Å². The summed E-state index contributed by atoms with van der Waals surface area (Å²) in [6.07, 6.45) is 7.73. The van der Waals surface area contributed by atoms with Gasteiger partial charge in [-0.25, -0.2) is 9.48 Å². The lowest BCUT2D eigenvalue weighted by Crippen LogP contribution is -2.44. The van der Waals surface area contributed by atoms with Crippen LogP contribution >= 0.6 is 0 Å². The molecule has 1 aromatic heterocycles. The fraction of sp³-hybridized carbons (Fsp3) is 0.667. The second-order valence-corrected chi connectivity index (χ2v) is 6.62. The zero-order valence-electron chi connectivity index (χ0n) is 12.7. The summed E-state index contributed by atoms with van der Waals surface area (Å²) >= 11 is 0. The fourth-order valence-corrected chi connectivity index (χ4v) is 3.19. The summed E-state index contributed by atoms with van der Waals surface area (Å²) in [5.41, 5.74) is 1.46. The van der Waals surface area contributed by atoms with Gasteiger partial charge in [-0.3, -0.25) is 4.90 Å². The van der Waals surface area contributed by atoms with E-state index >= 15 is 0 Å². The predicted octanol–water partition coefficient (Wildman–Crippen LogP) is 1.91. The Morgan fingerprint density at radius 2 is 2.24 bits per heavy atom. The second kappa shape index (κ2) is 4.76. The molecular formula is C15H20N4O2. The van der Waals surface area contributed by atoms with Crippen LogP contribution in [0, 0.1) is 12.3 Å². The van der Waals surface area contributed by atoms with E-state index in [1.165, 1.54) is 0 Å². The maximum absolute atomic E-state index is 12.4. The van der Waals surface area contributed by atoms with Crippen molar-refractivity contribution >= 4 is 6.09 Å². The number of terminal acetylenes is 1.